The Hall–Kier alpha value is -1.70. The smallest absolute Gasteiger partial charge is 0.324 e. The normalized spacial score (nSPS) is 12.0. The molecule has 0 bridgehead atoms. The molecule has 6 nitrogen and oxygen atoms in total. The highest BCUT2D eigenvalue weighted by atomic mass is 35.5. The molecule has 1 aromatic heterocycles. The molecule has 0 aliphatic rings. The van der Waals surface area contributed by atoms with Crippen molar-refractivity contribution in [3.63, 3.8) is 0 Å². The van der Waals surface area contributed by atoms with Crippen LogP contribution in [-0.2, 0) is 30.0 Å². The Kier molecular flexibility index (Phi) is 5.79. The van der Waals surface area contributed by atoms with Crippen LogP contribution in [0.3, 0.4) is 0 Å². The van der Waals surface area contributed by atoms with Crippen molar-refractivity contribution in [3.8, 4) is 11.3 Å². The van der Waals surface area contributed by atoms with Crippen LogP contribution in [0.2, 0.25) is 5.02 Å². The molecular formula is C15H15Cl2N3O3S. The number of hydrogen-bond acceptors (Lipinski definition) is 5. The largest absolute Gasteiger partial charge is 0.468 e. The molecule has 1 aromatic carbocycles. The molecule has 0 radical (unpaired) electrons. The van der Waals surface area contributed by atoms with Gasteiger partial charge in [-0.15, -0.1) is 11.6 Å². The number of carbonyl (C=O) groups excluding carboxylic acids is 1. The third kappa shape index (κ3) is 3.68. The van der Waals surface area contributed by atoms with Gasteiger partial charge in [0, 0.05) is 31.1 Å². The number of hydrogen-bond donors (Lipinski definition) is 0. The number of ether oxygens (including phenoxy) is 1. The van der Waals surface area contributed by atoms with Gasteiger partial charge in [0.2, 0.25) is 0 Å². The Balaban J connectivity index is 2.51. The molecule has 1 atom stereocenters. The van der Waals surface area contributed by atoms with Crippen LogP contribution in [0.25, 0.3) is 11.3 Å². The number of nitrogens with zero attached hydrogens (tertiary/aromatic N) is 3. The summed E-state index contributed by atoms with van der Waals surface area (Å²) < 4.78 is 7.70. The summed E-state index contributed by atoms with van der Waals surface area (Å²) in [6.45, 7) is 0. The van der Waals surface area contributed by atoms with Gasteiger partial charge in [0.05, 0.1) is 7.11 Å². The number of methoxy groups -OCH3 is 1. The second kappa shape index (κ2) is 7.46. The first-order valence-corrected chi connectivity index (χ1v) is 8.13. The standard InChI is InChI=1S/C15H15Cl2N3O3S/c1-19-13(21)12(18-20(2)15(19)24)8-4-5-10(16)9(6-8)7-11(17)14(22)23-3/h4-6,11H,7H2,1-3H3. The predicted molar refractivity (Wildman–Crippen MR) is 95.1 cm³/mol. The number of esters is 1. The monoisotopic (exact) mass is 387 g/mol. The lowest BCUT2D eigenvalue weighted by Gasteiger charge is -2.11. The molecule has 0 spiro atoms. The lowest BCUT2D eigenvalue weighted by Crippen LogP contribution is -2.25. The van der Waals surface area contributed by atoms with Crippen LogP contribution in [0.4, 0.5) is 0 Å². The fourth-order valence-electron chi connectivity index (χ4n) is 2.16. The van der Waals surface area contributed by atoms with Crippen molar-refractivity contribution < 1.29 is 9.53 Å². The number of aromatic nitrogens is 3. The van der Waals surface area contributed by atoms with E-state index in [9.17, 15) is 9.59 Å². The molecule has 9 heteroatoms. The molecular weight excluding hydrogens is 373 g/mol. The molecule has 2 rings (SSSR count). The first-order chi connectivity index (χ1) is 11.3. The van der Waals surface area contributed by atoms with Gasteiger partial charge in [0.25, 0.3) is 5.56 Å². The highest BCUT2D eigenvalue weighted by Gasteiger charge is 2.19. The molecule has 0 aliphatic carbocycles. The first kappa shape index (κ1) is 18.6. The van der Waals surface area contributed by atoms with Gasteiger partial charge >= 0.3 is 5.97 Å². The maximum atomic E-state index is 12.4. The van der Waals surface area contributed by atoms with E-state index >= 15 is 0 Å². The zero-order chi connectivity index (χ0) is 18.0. The SMILES string of the molecule is COC(=O)C(Cl)Cc1cc(-c2nn(C)c(=S)n(C)c2=O)ccc1Cl. The van der Waals surface area contributed by atoms with Gasteiger partial charge in [0.1, 0.15) is 5.38 Å². The molecule has 0 aliphatic heterocycles. The van der Waals surface area contributed by atoms with E-state index in [1.807, 2.05) is 0 Å². The minimum absolute atomic E-state index is 0.173. The Labute approximate surface area is 153 Å². The molecule has 0 saturated heterocycles. The molecule has 0 N–H and O–H groups in total. The zero-order valence-electron chi connectivity index (χ0n) is 13.2. The van der Waals surface area contributed by atoms with E-state index in [1.165, 1.54) is 16.4 Å². The van der Waals surface area contributed by atoms with Crippen LogP contribution in [0.15, 0.2) is 23.0 Å². The van der Waals surface area contributed by atoms with E-state index in [4.69, 9.17) is 35.4 Å². The minimum Gasteiger partial charge on any atom is -0.468 e. The molecule has 0 fully saturated rings. The minimum atomic E-state index is -0.871. The van der Waals surface area contributed by atoms with Crippen molar-refractivity contribution in [1.82, 2.24) is 14.3 Å². The summed E-state index contributed by atoms with van der Waals surface area (Å²) in [6.07, 6.45) is 0.173. The molecule has 1 heterocycles. The average molecular weight is 388 g/mol. The maximum absolute atomic E-state index is 12.4. The van der Waals surface area contributed by atoms with Crippen molar-refractivity contribution >= 4 is 41.4 Å². The van der Waals surface area contributed by atoms with Crippen molar-refractivity contribution in [2.24, 2.45) is 14.1 Å². The van der Waals surface area contributed by atoms with E-state index < -0.39 is 11.3 Å². The number of carbonyl (C=O) groups is 1. The fraction of sp³-hybridized carbons (Fsp3) is 0.333. The fourth-order valence-corrected chi connectivity index (χ4v) is 2.74. The number of alkyl halides is 1. The van der Waals surface area contributed by atoms with Crippen LogP contribution in [0.5, 0.6) is 0 Å². The maximum Gasteiger partial charge on any atom is 0.324 e. The van der Waals surface area contributed by atoms with Gasteiger partial charge in [-0.2, -0.15) is 5.10 Å². The second-order valence-electron chi connectivity index (χ2n) is 5.12. The van der Waals surface area contributed by atoms with Crippen LogP contribution in [-0.4, -0.2) is 32.8 Å². The van der Waals surface area contributed by atoms with Crippen molar-refractivity contribution in [2.75, 3.05) is 7.11 Å². The number of rotatable bonds is 4. The molecule has 2 aromatic rings. The summed E-state index contributed by atoms with van der Waals surface area (Å²) in [4.78, 5) is 23.9. The van der Waals surface area contributed by atoms with E-state index in [2.05, 4.69) is 9.84 Å². The van der Waals surface area contributed by atoms with Gasteiger partial charge < -0.3 is 4.74 Å². The molecule has 1 unspecified atom stereocenters. The predicted octanol–water partition coefficient (Wildman–Crippen LogP) is 2.49. The zero-order valence-corrected chi connectivity index (χ0v) is 15.6. The first-order valence-electron chi connectivity index (χ1n) is 6.91. The van der Waals surface area contributed by atoms with E-state index in [1.54, 1.807) is 32.3 Å². The van der Waals surface area contributed by atoms with Crippen LogP contribution in [0.1, 0.15) is 5.56 Å². The summed E-state index contributed by atoms with van der Waals surface area (Å²) in [5.74, 6) is -0.547. The summed E-state index contributed by atoms with van der Waals surface area (Å²) in [5.41, 5.74) is 1.10. The van der Waals surface area contributed by atoms with Crippen LogP contribution >= 0.6 is 35.4 Å². The molecule has 0 saturated carbocycles. The summed E-state index contributed by atoms with van der Waals surface area (Å²) in [7, 11) is 4.51. The summed E-state index contributed by atoms with van der Waals surface area (Å²) >= 11 is 17.3. The van der Waals surface area contributed by atoms with Crippen molar-refractivity contribution in [1.29, 1.82) is 0 Å². The molecule has 24 heavy (non-hydrogen) atoms. The van der Waals surface area contributed by atoms with Gasteiger partial charge in [-0.3, -0.25) is 14.2 Å². The Morgan fingerprint density at radius 2 is 2.08 bits per heavy atom. The Morgan fingerprint density at radius 1 is 1.42 bits per heavy atom. The highest BCUT2D eigenvalue weighted by Crippen LogP contribution is 2.25. The quantitative estimate of drug-likeness (QED) is 0.458. The van der Waals surface area contributed by atoms with E-state index in [-0.39, 0.29) is 17.7 Å². The third-order valence-corrected chi connectivity index (χ3v) is 4.74. The van der Waals surface area contributed by atoms with E-state index in [0.717, 1.165) is 0 Å². The molecule has 0 amide bonds. The lowest BCUT2D eigenvalue weighted by molar-refractivity contribution is -0.140. The van der Waals surface area contributed by atoms with Gasteiger partial charge in [-0.05, 0) is 29.9 Å². The molecule has 128 valence electrons. The number of aryl methyl sites for hydroxylation is 1. The summed E-state index contributed by atoms with van der Waals surface area (Å²) in [6, 6.07) is 5.00. The third-order valence-electron chi connectivity index (χ3n) is 3.50. The number of halogens is 2. The Morgan fingerprint density at radius 3 is 2.71 bits per heavy atom. The van der Waals surface area contributed by atoms with Crippen LogP contribution < -0.4 is 5.56 Å². The average Bonchev–Trinajstić information content (AvgIpc) is 2.57. The van der Waals surface area contributed by atoms with Gasteiger partial charge in [-0.1, -0.05) is 17.7 Å². The second-order valence-corrected chi connectivity index (χ2v) is 6.42. The lowest BCUT2D eigenvalue weighted by atomic mass is 10.0. The topological polar surface area (TPSA) is 66.1 Å². The van der Waals surface area contributed by atoms with E-state index in [0.29, 0.717) is 20.9 Å². The van der Waals surface area contributed by atoms with Crippen molar-refractivity contribution in [2.45, 2.75) is 11.8 Å². The Bertz CT molecular complexity index is 908. The van der Waals surface area contributed by atoms with Crippen LogP contribution in [0, 0.1) is 4.77 Å². The summed E-state index contributed by atoms with van der Waals surface area (Å²) in [5, 5.41) is 3.78. The van der Waals surface area contributed by atoms with Gasteiger partial charge in [-0.25, -0.2) is 4.68 Å². The van der Waals surface area contributed by atoms with Crippen molar-refractivity contribution in [3.05, 3.63) is 43.9 Å². The highest BCUT2D eigenvalue weighted by molar-refractivity contribution is 7.71. The number of benzene rings is 1. The van der Waals surface area contributed by atoms with Gasteiger partial charge in [0.15, 0.2) is 10.5 Å².